The molecule has 0 bridgehead atoms. The summed E-state index contributed by atoms with van der Waals surface area (Å²) >= 11 is 0. The largest absolute Gasteiger partial charge is 0.507 e. The third kappa shape index (κ3) is 4.38. The van der Waals surface area contributed by atoms with Gasteiger partial charge in [0.15, 0.2) is 0 Å². The van der Waals surface area contributed by atoms with Gasteiger partial charge in [-0.2, -0.15) is 0 Å². The number of hydrogen-bond acceptors (Lipinski definition) is 7. The van der Waals surface area contributed by atoms with Crippen LogP contribution in [0.1, 0.15) is 40.0 Å². The first-order chi connectivity index (χ1) is 18.3. The van der Waals surface area contributed by atoms with Crippen LogP contribution in [0.15, 0.2) is 72.3 Å². The fraction of sp³-hybridized carbons (Fsp3) is 0.233. The lowest BCUT2D eigenvalue weighted by atomic mass is 9.94. The van der Waals surface area contributed by atoms with Crippen molar-refractivity contribution in [3.63, 3.8) is 0 Å². The topological polar surface area (TPSA) is 96.4 Å². The maximum Gasteiger partial charge on any atom is 0.338 e. The summed E-state index contributed by atoms with van der Waals surface area (Å²) in [6, 6.07) is 18.1. The molecule has 1 saturated heterocycles. The van der Waals surface area contributed by atoms with Gasteiger partial charge in [0.05, 0.1) is 36.0 Å². The fourth-order valence-corrected chi connectivity index (χ4v) is 4.91. The molecule has 194 valence electrons. The van der Waals surface area contributed by atoms with Crippen molar-refractivity contribution in [3.8, 4) is 5.75 Å². The summed E-state index contributed by atoms with van der Waals surface area (Å²) in [5, 5.41) is 11.5. The van der Waals surface area contributed by atoms with Crippen molar-refractivity contribution in [1.82, 2.24) is 0 Å². The molecule has 2 aliphatic heterocycles. The number of carbonyl (C=O) groups is 3. The summed E-state index contributed by atoms with van der Waals surface area (Å²) in [4.78, 5) is 42.7. The van der Waals surface area contributed by atoms with E-state index < -0.39 is 23.7 Å². The molecule has 38 heavy (non-hydrogen) atoms. The SMILES string of the molecule is CCOC(=O)c1cccc(N2C(=O)C(=O)/C(=C(\O)c3ccc4c(c3)N(C)CCO4)C2c2cccc(C)c2)c1. The van der Waals surface area contributed by atoms with Crippen molar-refractivity contribution in [2.75, 3.05) is 36.6 Å². The van der Waals surface area contributed by atoms with Gasteiger partial charge < -0.3 is 19.5 Å². The number of likely N-dealkylation sites (N-methyl/N-ethyl adjacent to an activating group) is 1. The highest BCUT2D eigenvalue weighted by Crippen LogP contribution is 2.43. The molecular formula is C30H28N2O6. The summed E-state index contributed by atoms with van der Waals surface area (Å²) in [5.74, 6) is -1.73. The molecule has 0 saturated carbocycles. The Bertz CT molecular complexity index is 1480. The third-order valence-corrected chi connectivity index (χ3v) is 6.77. The Labute approximate surface area is 220 Å². The smallest absolute Gasteiger partial charge is 0.338 e. The summed E-state index contributed by atoms with van der Waals surface area (Å²) < 4.78 is 10.8. The lowest BCUT2D eigenvalue weighted by Crippen LogP contribution is -2.29. The number of Topliss-reactive ketones (excluding diaryl/α,β-unsaturated/α-hetero) is 1. The first-order valence-corrected chi connectivity index (χ1v) is 12.4. The van der Waals surface area contributed by atoms with Gasteiger partial charge in [-0.15, -0.1) is 0 Å². The number of carbonyl (C=O) groups excluding carboxylic acids is 3. The van der Waals surface area contributed by atoms with Gasteiger partial charge in [0.1, 0.15) is 18.1 Å². The predicted molar refractivity (Wildman–Crippen MR) is 144 cm³/mol. The van der Waals surface area contributed by atoms with Gasteiger partial charge in [0, 0.05) is 18.3 Å². The van der Waals surface area contributed by atoms with E-state index in [4.69, 9.17) is 9.47 Å². The number of aliphatic hydroxyl groups excluding tert-OH is 1. The molecule has 3 aromatic carbocycles. The van der Waals surface area contributed by atoms with E-state index in [0.29, 0.717) is 35.7 Å². The van der Waals surface area contributed by atoms with Crippen molar-refractivity contribution < 1.29 is 29.0 Å². The number of esters is 1. The summed E-state index contributed by atoms with van der Waals surface area (Å²) in [5.41, 5.74) is 3.35. The van der Waals surface area contributed by atoms with Gasteiger partial charge in [-0.1, -0.05) is 35.9 Å². The van der Waals surface area contributed by atoms with Crippen LogP contribution in [0.5, 0.6) is 5.75 Å². The summed E-state index contributed by atoms with van der Waals surface area (Å²) in [6.45, 7) is 5.07. The van der Waals surface area contributed by atoms with Crippen LogP contribution in [0.25, 0.3) is 5.76 Å². The van der Waals surface area contributed by atoms with Crippen molar-refractivity contribution in [3.05, 3.63) is 94.6 Å². The monoisotopic (exact) mass is 512 g/mol. The van der Waals surface area contributed by atoms with Crippen LogP contribution in [0.4, 0.5) is 11.4 Å². The Kier molecular flexibility index (Phi) is 6.63. The molecule has 2 aliphatic rings. The maximum atomic E-state index is 13.5. The second-order valence-corrected chi connectivity index (χ2v) is 9.31. The second-order valence-electron chi connectivity index (χ2n) is 9.31. The van der Waals surface area contributed by atoms with Crippen LogP contribution < -0.4 is 14.5 Å². The molecule has 1 amide bonds. The standard InChI is InChI=1S/C30H28N2O6/c1-4-37-30(36)21-9-6-10-22(16-21)32-26(19-8-5-7-18(2)15-19)25(28(34)29(32)35)27(33)20-11-12-24-23(17-20)31(3)13-14-38-24/h5-12,15-17,26,33H,4,13-14H2,1-3H3/b27-25-. The third-order valence-electron chi connectivity index (χ3n) is 6.77. The van der Waals surface area contributed by atoms with Crippen molar-refractivity contribution in [2.24, 2.45) is 0 Å². The molecule has 1 N–H and O–H groups in total. The number of nitrogens with zero attached hydrogens (tertiary/aromatic N) is 2. The van der Waals surface area contributed by atoms with Crippen LogP contribution in [0.2, 0.25) is 0 Å². The minimum Gasteiger partial charge on any atom is -0.507 e. The highest BCUT2D eigenvalue weighted by atomic mass is 16.5. The average Bonchev–Trinajstić information content (AvgIpc) is 3.18. The number of amides is 1. The summed E-state index contributed by atoms with van der Waals surface area (Å²) in [7, 11) is 1.92. The quantitative estimate of drug-likeness (QED) is 0.231. The molecule has 2 heterocycles. The molecule has 0 radical (unpaired) electrons. The summed E-state index contributed by atoms with van der Waals surface area (Å²) in [6.07, 6.45) is 0. The zero-order chi connectivity index (χ0) is 27.0. The Hall–Kier alpha value is -4.59. The van der Waals surface area contributed by atoms with Gasteiger partial charge in [0.25, 0.3) is 11.7 Å². The van der Waals surface area contributed by atoms with Gasteiger partial charge in [-0.3, -0.25) is 14.5 Å². The number of fused-ring (bicyclic) bond motifs is 1. The van der Waals surface area contributed by atoms with Gasteiger partial charge in [-0.25, -0.2) is 4.79 Å². The first-order valence-electron chi connectivity index (χ1n) is 12.4. The van der Waals surface area contributed by atoms with E-state index in [-0.39, 0.29) is 23.5 Å². The minimum atomic E-state index is -0.905. The number of rotatable bonds is 5. The maximum absolute atomic E-state index is 13.5. The van der Waals surface area contributed by atoms with Crippen LogP contribution in [-0.2, 0) is 14.3 Å². The number of anilines is 2. The van der Waals surface area contributed by atoms with Crippen LogP contribution in [0.3, 0.4) is 0 Å². The van der Waals surface area contributed by atoms with E-state index in [9.17, 15) is 19.5 Å². The zero-order valence-corrected chi connectivity index (χ0v) is 21.4. The van der Waals surface area contributed by atoms with Crippen LogP contribution in [0, 0.1) is 6.92 Å². The van der Waals surface area contributed by atoms with E-state index in [1.807, 2.05) is 43.1 Å². The van der Waals surface area contributed by atoms with Crippen LogP contribution >= 0.6 is 0 Å². The molecule has 5 rings (SSSR count). The average molecular weight is 513 g/mol. The van der Waals surface area contributed by atoms with E-state index >= 15 is 0 Å². The highest BCUT2D eigenvalue weighted by molar-refractivity contribution is 6.51. The molecule has 1 atom stereocenters. The number of benzene rings is 3. The Morgan fingerprint density at radius 2 is 1.84 bits per heavy atom. The Morgan fingerprint density at radius 3 is 2.61 bits per heavy atom. The fourth-order valence-electron chi connectivity index (χ4n) is 4.91. The van der Waals surface area contributed by atoms with Crippen LogP contribution in [-0.4, -0.2) is 49.6 Å². The molecule has 8 heteroatoms. The molecule has 8 nitrogen and oxygen atoms in total. The highest BCUT2D eigenvalue weighted by Gasteiger charge is 2.47. The number of aryl methyl sites for hydroxylation is 1. The lowest BCUT2D eigenvalue weighted by Gasteiger charge is -2.28. The minimum absolute atomic E-state index is 0.0264. The van der Waals surface area contributed by atoms with E-state index in [2.05, 4.69) is 0 Å². The van der Waals surface area contributed by atoms with Gasteiger partial charge in [0.2, 0.25) is 0 Å². The molecule has 0 aliphatic carbocycles. The molecule has 0 aromatic heterocycles. The van der Waals surface area contributed by atoms with Crippen molar-refractivity contribution in [2.45, 2.75) is 19.9 Å². The van der Waals surface area contributed by atoms with E-state index in [0.717, 1.165) is 11.3 Å². The molecule has 1 unspecified atom stereocenters. The van der Waals surface area contributed by atoms with Crippen molar-refractivity contribution >= 4 is 34.8 Å². The van der Waals surface area contributed by atoms with Gasteiger partial charge >= 0.3 is 5.97 Å². The Balaban J connectivity index is 1.68. The van der Waals surface area contributed by atoms with E-state index in [1.165, 1.54) is 11.0 Å². The predicted octanol–water partition coefficient (Wildman–Crippen LogP) is 4.63. The van der Waals surface area contributed by atoms with E-state index in [1.54, 1.807) is 43.3 Å². The number of aliphatic hydroxyl groups is 1. The molecule has 3 aromatic rings. The normalized spacial score (nSPS) is 18.2. The molecule has 1 fully saturated rings. The number of hydrogen-bond donors (Lipinski definition) is 1. The van der Waals surface area contributed by atoms with Crippen molar-refractivity contribution in [1.29, 1.82) is 0 Å². The molecular weight excluding hydrogens is 484 g/mol. The number of ketones is 1. The first kappa shape index (κ1) is 25.1. The lowest BCUT2D eigenvalue weighted by molar-refractivity contribution is -0.132. The Morgan fingerprint density at radius 1 is 1.05 bits per heavy atom. The molecule has 0 spiro atoms. The second kappa shape index (κ2) is 10.0. The number of ether oxygens (including phenoxy) is 2. The zero-order valence-electron chi connectivity index (χ0n) is 21.4. The van der Waals surface area contributed by atoms with Gasteiger partial charge in [-0.05, 0) is 55.8 Å².